The van der Waals surface area contributed by atoms with Gasteiger partial charge in [-0.05, 0) is 61.7 Å². The zero-order valence-corrected chi connectivity index (χ0v) is 14.3. The maximum atomic E-state index is 11.6. The van der Waals surface area contributed by atoms with Crippen LogP contribution in [0.2, 0.25) is 0 Å². The minimum atomic E-state index is -0.311. The van der Waals surface area contributed by atoms with E-state index in [1.54, 1.807) is 14.0 Å². The first-order valence-corrected chi connectivity index (χ1v) is 8.42. The molecule has 0 N–H and O–H groups in total. The molecule has 1 atom stereocenters. The molecule has 126 valence electrons. The number of carbonyl (C=O) groups is 1. The number of methoxy groups -OCH3 is 1. The Balaban J connectivity index is 1.81. The fraction of sp³-hybridized carbons (Fsp3) is 0.550. The van der Waals surface area contributed by atoms with Crippen LogP contribution in [-0.2, 0) is 14.3 Å². The van der Waals surface area contributed by atoms with Gasteiger partial charge in [-0.3, -0.25) is 0 Å². The van der Waals surface area contributed by atoms with Crippen LogP contribution in [0.4, 0.5) is 0 Å². The van der Waals surface area contributed by atoms with Gasteiger partial charge in [0.1, 0.15) is 6.10 Å². The van der Waals surface area contributed by atoms with Gasteiger partial charge in [0, 0.05) is 19.1 Å². The Morgan fingerprint density at radius 1 is 1.26 bits per heavy atom. The van der Waals surface area contributed by atoms with Crippen LogP contribution in [0, 0.1) is 11.8 Å². The van der Waals surface area contributed by atoms with Gasteiger partial charge >= 0.3 is 5.97 Å². The summed E-state index contributed by atoms with van der Waals surface area (Å²) in [5, 5.41) is 0. The topological polar surface area (TPSA) is 35.5 Å². The molecule has 3 heteroatoms. The molecule has 2 aliphatic carbocycles. The van der Waals surface area contributed by atoms with Crippen molar-refractivity contribution in [3.63, 3.8) is 0 Å². The molecule has 0 aromatic carbocycles. The molecule has 1 fully saturated rings. The van der Waals surface area contributed by atoms with Gasteiger partial charge in [-0.25, -0.2) is 4.79 Å². The minimum absolute atomic E-state index is 0.152. The number of ether oxygens (including phenoxy) is 2. The Bertz CT molecular complexity index is 519. The van der Waals surface area contributed by atoms with Crippen molar-refractivity contribution in [3.05, 3.63) is 48.1 Å². The molecule has 0 aliphatic heterocycles. The molecule has 2 rings (SSSR count). The summed E-state index contributed by atoms with van der Waals surface area (Å²) in [6.45, 7) is 10.1. The Kier molecular flexibility index (Phi) is 6.40. The molecule has 0 bridgehead atoms. The summed E-state index contributed by atoms with van der Waals surface area (Å²) in [7, 11) is 1.73. The van der Waals surface area contributed by atoms with E-state index in [0.717, 1.165) is 6.42 Å². The van der Waals surface area contributed by atoms with Crippen LogP contribution in [0.3, 0.4) is 0 Å². The summed E-state index contributed by atoms with van der Waals surface area (Å²) in [6, 6.07) is 0. The number of rotatable bonds is 6. The number of hydrogen-bond acceptors (Lipinski definition) is 3. The van der Waals surface area contributed by atoms with E-state index in [4.69, 9.17) is 9.47 Å². The first-order chi connectivity index (χ1) is 11.0. The average Bonchev–Trinajstić information content (AvgIpc) is 2.56. The lowest BCUT2D eigenvalue weighted by Crippen LogP contribution is -2.21. The van der Waals surface area contributed by atoms with Crippen molar-refractivity contribution in [2.24, 2.45) is 11.8 Å². The molecule has 0 amide bonds. The predicted molar refractivity (Wildman–Crippen MR) is 93.0 cm³/mol. The lowest BCUT2D eigenvalue weighted by molar-refractivity contribution is -0.141. The van der Waals surface area contributed by atoms with Crippen molar-refractivity contribution < 1.29 is 14.3 Å². The van der Waals surface area contributed by atoms with Crippen LogP contribution in [0.1, 0.15) is 39.0 Å². The summed E-state index contributed by atoms with van der Waals surface area (Å²) in [5.41, 5.74) is 3.07. The smallest absolute Gasteiger partial charge is 0.333 e. The molecule has 0 saturated heterocycles. The van der Waals surface area contributed by atoms with Gasteiger partial charge in [0.15, 0.2) is 0 Å². The maximum absolute atomic E-state index is 11.6. The van der Waals surface area contributed by atoms with Gasteiger partial charge in [-0.2, -0.15) is 0 Å². The van der Waals surface area contributed by atoms with Crippen molar-refractivity contribution in [3.8, 4) is 0 Å². The van der Waals surface area contributed by atoms with Crippen molar-refractivity contribution in [1.82, 2.24) is 0 Å². The van der Waals surface area contributed by atoms with Crippen LogP contribution < -0.4 is 0 Å². The summed E-state index contributed by atoms with van der Waals surface area (Å²) in [4.78, 5) is 11.6. The van der Waals surface area contributed by atoms with E-state index in [2.05, 4.69) is 25.3 Å². The zero-order valence-electron chi connectivity index (χ0n) is 14.3. The predicted octanol–water partition coefficient (Wildman–Crippen LogP) is 4.37. The average molecular weight is 316 g/mol. The normalized spacial score (nSPS) is 27.2. The summed E-state index contributed by atoms with van der Waals surface area (Å²) in [5.74, 6) is 0.910. The van der Waals surface area contributed by atoms with Crippen LogP contribution in [0.5, 0.6) is 0 Å². The fourth-order valence-corrected chi connectivity index (χ4v) is 3.38. The zero-order chi connectivity index (χ0) is 16.8. The van der Waals surface area contributed by atoms with E-state index >= 15 is 0 Å². The van der Waals surface area contributed by atoms with Crippen molar-refractivity contribution in [1.29, 1.82) is 0 Å². The van der Waals surface area contributed by atoms with Gasteiger partial charge < -0.3 is 9.47 Å². The molecule has 1 unspecified atom stereocenters. The van der Waals surface area contributed by atoms with Gasteiger partial charge in [0.05, 0.1) is 6.61 Å². The number of hydrogen-bond donors (Lipinski definition) is 0. The molecule has 1 saturated carbocycles. The second kappa shape index (κ2) is 8.30. The molecule has 2 aliphatic rings. The molecule has 0 radical (unpaired) electrons. The van der Waals surface area contributed by atoms with Crippen LogP contribution in [-0.4, -0.2) is 25.8 Å². The van der Waals surface area contributed by atoms with E-state index in [-0.39, 0.29) is 12.1 Å². The monoisotopic (exact) mass is 316 g/mol. The van der Waals surface area contributed by atoms with E-state index in [1.165, 1.54) is 36.8 Å². The second-order valence-corrected chi connectivity index (χ2v) is 6.66. The molecule has 0 aromatic heterocycles. The Hall–Kier alpha value is -1.61. The van der Waals surface area contributed by atoms with Crippen LogP contribution in [0.25, 0.3) is 0 Å². The molecule has 23 heavy (non-hydrogen) atoms. The lowest BCUT2D eigenvalue weighted by Gasteiger charge is -2.31. The van der Waals surface area contributed by atoms with Crippen LogP contribution >= 0.6 is 0 Å². The number of allylic oxidation sites excluding steroid dienone is 2. The van der Waals surface area contributed by atoms with Gasteiger partial charge in [0.25, 0.3) is 0 Å². The maximum Gasteiger partial charge on any atom is 0.333 e. The van der Waals surface area contributed by atoms with Crippen molar-refractivity contribution in [2.75, 3.05) is 13.7 Å². The Morgan fingerprint density at radius 3 is 2.48 bits per heavy atom. The highest BCUT2D eigenvalue weighted by Crippen LogP contribution is 2.37. The first-order valence-electron chi connectivity index (χ1n) is 8.42. The highest BCUT2D eigenvalue weighted by Gasteiger charge is 2.26. The quantitative estimate of drug-likeness (QED) is 0.415. The molecule has 3 nitrogen and oxygen atoms in total. The molecule has 0 spiro atoms. The van der Waals surface area contributed by atoms with E-state index in [1.807, 2.05) is 6.08 Å². The van der Waals surface area contributed by atoms with Gasteiger partial charge in [-0.1, -0.05) is 25.3 Å². The molecule has 0 aromatic rings. The third kappa shape index (κ3) is 4.93. The van der Waals surface area contributed by atoms with E-state index in [9.17, 15) is 4.79 Å². The van der Waals surface area contributed by atoms with E-state index < -0.39 is 0 Å². The summed E-state index contributed by atoms with van der Waals surface area (Å²) < 4.78 is 10.6. The third-order valence-corrected chi connectivity index (χ3v) is 4.80. The van der Waals surface area contributed by atoms with Crippen molar-refractivity contribution >= 4 is 5.97 Å². The molecular weight excluding hydrogens is 288 g/mol. The van der Waals surface area contributed by atoms with E-state index in [0.29, 0.717) is 24.0 Å². The standard InChI is InChI=1S/C20H28O3/c1-14(2)20(21)23-19-11-9-18(10-12-19)17-7-5-16(6-8-17)15(3)13-22-4/h9-11,16-17,19H,1,3,5-8,12-13H2,2,4H3. The molecular formula is C20H28O3. The van der Waals surface area contributed by atoms with Gasteiger partial charge in [0.2, 0.25) is 0 Å². The minimum Gasteiger partial charge on any atom is -0.454 e. The summed E-state index contributed by atoms with van der Waals surface area (Å²) in [6.07, 6.45) is 11.7. The molecule has 0 heterocycles. The highest BCUT2D eigenvalue weighted by molar-refractivity contribution is 5.87. The fourth-order valence-electron chi connectivity index (χ4n) is 3.38. The third-order valence-electron chi connectivity index (χ3n) is 4.80. The van der Waals surface area contributed by atoms with Crippen LogP contribution in [0.15, 0.2) is 48.1 Å². The van der Waals surface area contributed by atoms with Crippen molar-refractivity contribution in [2.45, 2.75) is 45.1 Å². The highest BCUT2D eigenvalue weighted by atomic mass is 16.5. The SMILES string of the molecule is C=C(C)C(=O)OC1C=CC(C2CCC(C(=C)COC)CC2)=CC1. The number of carbonyl (C=O) groups excluding carboxylic acids is 1. The lowest BCUT2D eigenvalue weighted by atomic mass is 9.75. The largest absolute Gasteiger partial charge is 0.454 e. The summed E-state index contributed by atoms with van der Waals surface area (Å²) >= 11 is 0. The Morgan fingerprint density at radius 2 is 1.96 bits per heavy atom. The second-order valence-electron chi connectivity index (χ2n) is 6.66. The first kappa shape index (κ1) is 17.7. The number of esters is 1. The van der Waals surface area contributed by atoms with Gasteiger partial charge in [-0.15, -0.1) is 0 Å². The Labute approximate surface area is 139 Å².